The number of carboxylic acid groups (broad SMARTS) is 1. The van der Waals surface area contributed by atoms with E-state index >= 15 is 0 Å². The van der Waals surface area contributed by atoms with E-state index in [2.05, 4.69) is 30.9 Å². The summed E-state index contributed by atoms with van der Waals surface area (Å²) in [6, 6.07) is 3.53. The van der Waals surface area contributed by atoms with Crippen molar-refractivity contribution >= 4 is 34.6 Å². The fourth-order valence-corrected chi connectivity index (χ4v) is 3.89. The molecule has 4 unspecified atom stereocenters. The van der Waals surface area contributed by atoms with Crippen molar-refractivity contribution in [3.63, 3.8) is 0 Å². The Balaban J connectivity index is 1.69. The van der Waals surface area contributed by atoms with Gasteiger partial charge in [0.05, 0.1) is 12.4 Å². The van der Waals surface area contributed by atoms with Crippen molar-refractivity contribution in [2.75, 3.05) is 0 Å². The minimum atomic E-state index is -1.21. The Morgan fingerprint density at radius 1 is 0.973 bits per heavy atom. The number of nitrogens with one attached hydrogen (secondary N) is 5. The Morgan fingerprint density at radius 2 is 1.70 bits per heavy atom. The molecule has 0 fully saturated rings. The predicted molar refractivity (Wildman–Crippen MR) is 136 cm³/mol. The Hall–Kier alpha value is -4.19. The zero-order valence-electron chi connectivity index (χ0n) is 20.9. The molecule has 12 nitrogen and oxygen atoms in total. The zero-order valence-corrected chi connectivity index (χ0v) is 20.9. The van der Waals surface area contributed by atoms with Crippen molar-refractivity contribution in [2.45, 2.75) is 57.8 Å². The van der Waals surface area contributed by atoms with Gasteiger partial charge in [0.25, 0.3) is 0 Å². The van der Waals surface area contributed by atoms with Gasteiger partial charge in [-0.2, -0.15) is 0 Å². The Labute approximate surface area is 213 Å². The highest BCUT2D eigenvalue weighted by Gasteiger charge is 2.31. The van der Waals surface area contributed by atoms with Crippen LogP contribution in [0.3, 0.4) is 0 Å². The first kappa shape index (κ1) is 27.4. The van der Waals surface area contributed by atoms with Gasteiger partial charge in [-0.1, -0.05) is 32.0 Å². The minimum absolute atomic E-state index is 0.0444. The number of rotatable bonds is 12. The highest BCUT2D eigenvalue weighted by Crippen LogP contribution is 2.19. The number of H-pyrrole nitrogens is 2. The van der Waals surface area contributed by atoms with Crippen LogP contribution in [0.2, 0.25) is 0 Å². The van der Waals surface area contributed by atoms with Gasteiger partial charge in [-0.15, -0.1) is 0 Å². The van der Waals surface area contributed by atoms with Crippen LogP contribution in [-0.4, -0.2) is 67.9 Å². The highest BCUT2D eigenvalue weighted by atomic mass is 16.4. The van der Waals surface area contributed by atoms with Crippen LogP contribution in [0.5, 0.6) is 0 Å². The number of hydrogen-bond donors (Lipinski definition) is 7. The normalized spacial score (nSPS) is 14.5. The van der Waals surface area contributed by atoms with Crippen molar-refractivity contribution < 1.29 is 24.3 Å². The van der Waals surface area contributed by atoms with Gasteiger partial charge in [0.1, 0.15) is 18.1 Å². The molecule has 12 heteroatoms. The van der Waals surface area contributed by atoms with E-state index in [1.165, 1.54) is 19.4 Å². The average Bonchev–Trinajstić information content (AvgIpc) is 3.51. The molecule has 8 N–H and O–H groups in total. The van der Waals surface area contributed by atoms with E-state index < -0.39 is 47.9 Å². The first-order valence-electron chi connectivity index (χ1n) is 12.0. The van der Waals surface area contributed by atoms with Crippen LogP contribution in [0.1, 0.15) is 32.0 Å². The summed E-state index contributed by atoms with van der Waals surface area (Å²) < 4.78 is 0. The van der Waals surface area contributed by atoms with Gasteiger partial charge in [0.15, 0.2) is 0 Å². The number of aromatic amines is 2. The maximum absolute atomic E-state index is 13.2. The Kier molecular flexibility index (Phi) is 9.01. The first-order valence-corrected chi connectivity index (χ1v) is 12.0. The summed E-state index contributed by atoms with van der Waals surface area (Å²) in [6.07, 6.45) is 5.04. The van der Waals surface area contributed by atoms with Crippen molar-refractivity contribution in [2.24, 2.45) is 11.7 Å². The van der Waals surface area contributed by atoms with E-state index in [-0.39, 0.29) is 18.8 Å². The lowest BCUT2D eigenvalue weighted by Crippen LogP contribution is -2.58. The van der Waals surface area contributed by atoms with Gasteiger partial charge in [-0.05, 0) is 30.9 Å². The summed E-state index contributed by atoms with van der Waals surface area (Å²) in [5.74, 6) is -3.31. The molecule has 2 heterocycles. The molecular formula is C25H33N7O5. The van der Waals surface area contributed by atoms with Crippen molar-refractivity contribution in [3.8, 4) is 0 Å². The largest absolute Gasteiger partial charge is 0.480 e. The second-order valence-electron chi connectivity index (χ2n) is 9.31. The molecule has 0 aliphatic rings. The maximum atomic E-state index is 13.2. The van der Waals surface area contributed by atoms with Crippen LogP contribution in [0, 0.1) is 5.92 Å². The van der Waals surface area contributed by atoms with Crippen LogP contribution >= 0.6 is 0 Å². The maximum Gasteiger partial charge on any atom is 0.325 e. The van der Waals surface area contributed by atoms with Gasteiger partial charge in [0, 0.05) is 35.4 Å². The average molecular weight is 512 g/mol. The Morgan fingerprint density at radius 3 is 2.35 bits per heavy atom. The van der Waals surface area contributed by atoms with E-state index in [0.29, 0.717) is 5.69 Å². The van der Waals surface area contributed by atoms with Gasteiger partial charge < -0.3 is 36.8 Å². The molecule has 3 aromatic rings. The first-order chi connectivity index (χ1) is 17.6. The number of aliphatic carboxylic acids is 1. The topological polar surface area (TPSA) is 195 Å². The lowest BCUT2D eigenvalue weighted by Gasteiger charge is -2.26. The van der Waals surface area contributed by atoms with Gasteiger partial charge >= 0.3 is 5.97 Å². The minimum Gasteiger partial charge on any atom is -0.480 e. The number of aromatic nitrogens is 3. The molecule has 0 saturated heterocycles. The quantitative estimate of drug-likeness (QED) is 0.180. The third-order valence-corrected chi connectivity index (χ3v) is 6.04. The lowest BCUT2D eigenvalue weighted by atomic mass is 10.00. The van der Waals surface area contributed by atoms with Gasteiger partial charge in [-0.25, -0.2) is 4.98 Å². The van der Waals surface area contributed by atoms with E-state index in [4.69, 9.17) is 10.8 Å². The molecule has 3 amide bonds. The second-order valence-corrected chi connectivity index (χ2v) is 9.31. The SMILES string of the molecule is CC(NC(=O)C(Cc1cnc[nH]1)NC(=O)C(NC(=O)C(N)Cc1c[nH]c2ccccc12)C(C)C)C(=O)O. The van der Waals surface area contributed by atoms with Crippen LogP contribution in [0.15, 0.2) is 43.0 Å². The number of carbonyl (C=O) groups excluding carboxylic acids is 3. The molecule has 198 valence electrons. The van der Waals surface area contributed by atoms with Crippen LogP contribution < -0.4 is 21.7 Å². The van der Waals surface area contributed by atoms with Crippen molar-refractivity contribution in [3.05, 3.63) is 54.2 Å². The fourth-order valence-electron chi connectivity index (χ4n) is 3.89. The number of nitrogens with zero attached hydrogens (tertiary/aromatic N) is 1. The van der Waals surface area contributed by atoms with Crippen molar-refractivity contribution in [1.29, 1.82) is 0 Å². The van der Waals surface area contributed by atoms with Crippen molar-refractivity contribution in [1.82, 2.24) is 30.9 Å². The summed E-state index contributed by atoms with van der Waals surface area (Å²) in [5.41, 5.74) is 8.56. The summed E-state index contributed by atoms with van der Waals surface area (Å²) in [6.45, 7) is 4.83. The molecule has 0 saturated carbocycles. The number of benzene rings is 1. The van der Waals surface area contributed by atoms with Gasteiger partial charge in [-0.3, -0.25) is 19.2 Å². The van der Waals surface area contributed by atoms with E-state index in [0.717, 1.165) is 16.5 Å². The fraction of sp³-hybridized carbons (Fsp3) is 0.400. The molecule has 0 aliphatic carbocycles. The second kappa shape index (κ2) is 12.2. The molecule has 0 bridgehead atoms. The molecule has 0 spiro atoms. The van der Waals surface area contributed by atoms with E-state index in [9.17, 15) is 19.2 Å². The molecule has 37 heavy (non-hydrogen) atoms. The molecule has 0 radical (unpaired) electrons. The lowest BCUT2D eigenvalue weighted by molar-refractivity contribution is -0.141. The van der Waals surface area contributed by atoms with Crippen LogP contribution in [0.4, 0.5) is 0 Å². The number of carbonyl (C=O) groups is 4. The van der Waals surface area contributed by atoms with Crippen LogP contribution in [0.25, 0.3) is 10.9 Å². The molecule has 4 atom stereocenters. The third-order valence-electron chi connectivity index (χ3n) is 6.04. The highest BCUT2D eigenvalue weighted by molar-refractivity contribution is 5.94. The summed E-state index contributed by atoms with van der Waals surface area (Å²) in [5, 5.41) is 17.8. The van der Waals surface area contributed by atoms with Gasteiger partial charge in [0.2, 0.25) is 17.7 Å². The molecule has 0 aliphatic heterocycles. The van der Waals surface area contributed by atoms with E-state index in [1.807, 2.05) is 24.3 Å². The predicted octanol–water partition coefficient (Wildman–Crippen LogP) is 0.218. The number of hydrogen-bond acceptors (Lipinski definition) is 6. The summed E-state index contributed by atoms with van der Waals surface area (Å²) >= 11 is 0. The number of imidazole rings is 1. The summed E-state index contributed by atoms with van der Waals surface area (Å²) in [7, 11) is 0. The number of amides is 3. The molecule has 2 aromatic heterocycles. The zero-order chi connectivity index (χ0) is 27.1. The smallest absolute Gasteiger partial charge is 0.325 e. The number of nitrogens with two attached hydrogens (primary N) is 1. The van der Waals surface area contributed by atoms with E-state index in [1.54, 1.807) is 20.0 Å². The Bertz CT molecular complexity index is 1240. The number of carboxylic acids is 1. The third kappa shape index (κ3) is 7.17. The standard InChI is InChI=1S/C25H33N7O5/c1-13(2)21(32-22(33)18(26)8-15-10-28-19-7-5-4-6-17(15)19)24(35)31-20(9-16-11-27-12-29-16)23(34)30-14(3)25(36)37/h4-7,10-14,18,20-21,28H,8-9,26H2,1-3H3,(H,27,29)(H,30,34)(H,31,35)(H,32,33)(H,36,37). The molecule has 1 aromatic carbocycles. The molecule has 3 rings (SSSR count). The number of para-hydroxylation sites is 1. The molecular weight excluding hydrogens is 478 g/mol. The summed E-state index contributed by atoms with van der Waals surface area (Å²) in [4.78, 5) is 60.0. The number of fused-ring (bicyclic) bond motifs is 1. The monoisotopic (exact) mass is 511 g/mol. The van der Waals surface area contributed by atoms with Crippen LogP contribution in [-0.2, 0) is 32.0 Å².